The lowest BCUT2D eigenvalue weighted by atomic mass is 10.3. The Morgan fingerprint density at radius 3 is 2.45 bits per heavy atom. The smallest absolute Gasteiger partial charge is 0.240 e. The highest BCUT2D eigenvalue weighted by molar-refractivity contribution is 7.89. The molecule has 2 rings (SSSR count). The molecule has 1 saturated heterocycles. The minimum Gasteiger partial charge on any atom is -0.379 e. The fourth-order valence-electron chi connectivity index (χ4n) is 1.89. The highest BCUT2D eigenvalue weighted by Crippen LogP contribution is 2.15. The molecular weight excluding hydrogens is 278 g/mol. The Kier molecular flexibility index (Phi) is 5.36. The molecule has 112 valence electrons. The maximum Gasteiger partial charge on any atom is 0.240 e. The van der Waals surface area contributed by atoms with Gasteiger partial charge in [0.25, 0.3) is 0 Å². The van der Waals surface area contributed by atoms with Gasteiger partial charge in [-0.25, -0.2) is 18.1 Å². The number of morpholine rings is 1. The van der Waals surface area contributed by atoms with Gasteiger partial charge >= 0.3 is 0 Å². The van der Waals surface area contributed by atoms with Crippen molar-refractivity contribution in [2.24, 2.45) is 0 Å². The molecule has 1 aliphatic heterocycles. The van der Waals surface area contributed by atoms with Crippen LogP contribution in [0.25, 0.3) is 0 Å². The summed E-state index contributed by atoms with van der Waals surface area (Å²) in [6.45, 7) is 5.44. The third-order valence-corrected chi connectivity index (χ3v) is 4.48. The number of rotatable bonds is 6. The molecule has 0 amide bonds. The molecule has 0 spiro atoms. The van der Waals surface area contributed by atoms with Crippen LogP contribution in [0.2, 0.25) is 0 Å². The molecule has 0 unspecified atom stereocenters. The monoisotopic (exact) mass is 299 g/mol. The van der Waals surface area contributed by atoms with Crippen molar-refractivity contribution in [3.63, 3.8) is 0 Å². The summed E-state index contributed by atoms with van der Waals surface area (Å²) in [5.74, 6) is 0. The summed E-state index contributed by atoms with van der Waals surface area (Å²) in [4.78, 5) is 0.290. The summed E-state index contributed by atoms with van der Waals surface area (Å²) in [5, 5.41) is 2.06. The lowest BCUT2D eigenvalue weighted by molar-refractivity contribution is 0.0497. The maximum atomic E-state index is 11.9. The van der Waals surface area contributed by atoms with Crippen LogP contribution in [-0.2, 0) is 14.8 Å². The standard InChI is InChI=1S/C13H21N3O3S/c1-2-7-14-20(17,18)13-5-3-12(4-6-13)15-16-8-10-19-11-9-16/h3-6,14-15H,2,7-11H2,1H3. The first kappa shape index (κ1) is 15.2. The van der Waals surface area contributed by atoms with Crippen LogP contribution in [0.1, 0.15) is 13.3 Å². The Labute approximate surface area is 120 Å². The van der Waals surface area contributed by atoms with Gasteiger partial charge in [-0.3, -0.25) is 0 Å². The highest BCUT2D eigenvalue weighted by atomic mass is 32.2. The van der Waals surface area contributed by atoms with Gasteiger partial charge in [0.2, 0.25) is 10.0 Å². The van der Waals surface area contributed by atoms with Gasteiger partial charge in [-0.1, -0.05) is 6.92 Å². The largest absolute Gasteiger partial charge is 0.379 e. The van der Waals surface area contributed by atoms with E-state index in [-0.39, 0.29) is 0 Å². The van der Waals surface area contributed by atoms with Crippen LogP contribution >= 0.6 is 0 Å². The number of benzene rings is 1. The Hall–Kier alpha value is -1.15. The Balaban J connectivity index is 1.98. The van der Waals surface area contributed by atoms with Crippen LogP contribution in [0, 0.1) is 0 Å². The summed E-state index contributed by atoms with van der Waals surface area (Å²) in [5.41, 5.74) is 4.12. The summed E-state index contributed by atoms with van der Waals surface area (Å²) in [6.07, 6.45) is 0.774. The number of ether oxygens (including phenoxy) is 1. The molecule has 1 aromatic carbocycles. The molecule has 1 heterocycles. The van der Waals surface area contributed by atoms with E-state index in [1.165, 1.54) is 0 Å². The van der Waals surface area contributed by atoms with E-state index in [2.05, 4.69) is 15.2 Å². The van der Waals surface area contributed by atoms with Crippen LogP contribution in [0.15, 0.2) is 29.2 Å². The van der Waals surface area contributed by atoms with Gasteiger partial charge in [0.15, 0.2) is 0 Å². The predicted octanol–water partition coefficient (Wildman–Crippen LogP) is 1.03. The highest BCUT2D eigenvalue weighted by Gasteiger charge is 2.13. The molecular formula is C13H21N3O3S. The third kappa shape index (κ3) is 4.17. The first-order valence-electron chi connectivity index (χ1n) is 6.81. The predicted molar refractivity (Wildman–Crippen MR) is 77.9 cm³/mol. The van der Waals surface area contributed by atoms with Gasteiger partial charge in [0.1, 0.15) is 0 Å². The van der Waals surface area contributed by atoms with Crippen molar-refractivity contribution in [1.82, 2.24) is 9.73 Å². The number of hydrogen-bond acceptors (Lipinski definition) is 5. The number of nitrogens with one attached hydrogen (secondary N) is 2. The maximum absolute atomic E-state index is 11.9. The molecule has 0 saturated carbocycles. The van der Waals surface area contributed by atoms with E-state index in [1.54, 1.807) is 24.3 Å². The fourth-order valence-corrected chi connectivity index (χ4v) is 3.02. The zero-order chi connectivity index (χ0) is 14.4. The van der Waals surface area contributed by atoms with Crippen molar-refractivity contribution in [3.05, 3.63) is 24.3 Å². The summed E-state index contributed by atoms with van der Waals surface area (Å²) in [6, 6.07) is 6.77. The van der Waals surface area contributed by atoms with Gasteiger partial charge < -0.3 is 10.2 Å². The van der Waals surface area contributed by atoms with E-state index in [0.29, 0.717) is 24.7 Å². The molecule has 0 aromatic heterocycles. The van der Waals surface area contributed by atoms with Gasteiger partial charge in [-0.05, 0) is 30.7 Å². The molecule has 1 aromatic rings. The number of sulfonamides is 1. The molecule has 1 fully saturated rings. The molecule has 7 heteroatoms. The molecule has 20 heavy (non-hydrogen) atoms. The minimum atomic E-state index is -3.38. The van der Waals surface area contributed by atoms with Crippen LogP contribution in [0.3, 0.4) is 0 Å². The van der Waals surface area contributed by atoms with E-state index in [0.717, 1.165) is 25.2 Å². The SMILES string of the molecule is CCCNS(=O)(=O)c1ccc(NN2CCOCC2)cc1. The first-order chi connectivity index (χ1) is 9.62. The number of hydrogen-bond donors (Lipinski definition) is 2. The van der Waals surface area contributed by atoms with Crippen molar-refractivity contribution in [2.75, 3.05) is 38.3 Å². The zero-order valence-corrected chi connectivity index (χ0v) is 12.4. The van der Waals surface area contributed by atoms with Crippen molar-refractivity contribution in [1.29, 1.82) is 0 Å². The van der Waals surface area contributed by atoms with Crippen LogP contribution in [-0.4, -0.2) is 46.3 Å². The van der Waals surface area contributed by atoms with E-state index in [9.17, 15) is 8.42 Å². The van der Waals surface area contributed by atoms with Gasteiger partial charge in [0.05, 0.1) is 18.1 Å². The summed E-state index contributed by atoms with van der Waals surface area (Å²) in [7, 11) is -3.38. The van der Waals surface area contributed by atoms with Crippen molar-refractivity contribution >= 4 is 15.7 Å². The molecule has 0 atom stereocenters. The number of anilines is 1. The van der Waals surface area contributed by atoms with Crippen LogP contribution < -0.4 is 10.1 Å². The normalized spacial score (nSPS) is 17.1. The zero-order valence-electron chi connectivity index (χ0n) is 11.6. The summed E-state index contributed by atoms with van der Waals surface area (Å²) >= 11 is 0. The van der Waals surface area contributed by atoms with Crippen molar-refractivity contribution in [3.8, 4) is 0 Å². The van der Waals surface area contributed by atoms with E-state index < -0.39 is 10.0 Å². The molecule has 0 radical (unpaired) electrons. The van der Waals surface area contributed by atoms with E-state index >= 15 is 0 Å². The van der Waals surface area contributed by atoms with Gasteiger partial charge in [0, 0.05) is 25.3 Å². The lowest BCUT2D eigenvalue weighted by Gasteiger charge is -2.27. The second-order valence-electron chi connectivity index (χ2n) is 4.63. The van der Waals surface area contributed by atoms with Gasteiger partial charge in [-0.2, -0.15) is 0 Å². The average molecular weight is 299 g/mol. The Morgan fingerprint density at radius 2 is 1.85 bits per heavy atom. The molecule has 1 aliphatic rings. The van der Waals surface area contributed by atoms with Gasteiger partial charge in [-0.15, -0.1) is 0 Å². The fraction of sp³-hybridized carbons (Fsp3) is 0.538. The minimum absolute atomic E-state index is 0.290. The molecule has 0 bridgehead atoms. The van der Waals surface area contributed by atoms with Crippen molar-refractivity contribution < 1.29 is 13.2 Å². The Bertz CT molecular complexity index is 510. The van der Waals surface area contributed by atoms with Crippen LogP contribution in [0.4, 0.5) is 5.69 Å². The van der Waals surface area contributed by atoms with Crippen LogP contribution in [0.5, 0.6) is 0 Å². The van der Waals surface area contributed by atoms with E-state index in [1.807, 2.05) is 6.92 Å². The quantitative estimate of drug-likeness (QED) is 0.821. The molecule has 0 aliphatic carbocycles. The lowest BCUT2D eigenvalue weighted by Crippen LogP contribution is -2.40. The number of hydrazine groups is 1. The average Bonchev–Trinajstić information content (AvgIpc) is 2.47. The summed E-state index contributed by atoms with van der Waals surface area (Å²) < 4.78 is 31.7. The number of nitrogens with zero attached hydrogens (tertiary/aromatic N) is 1. The topological polar surface area (TPSA) is 70.7 Å². The molecule has 2 N–H and O–H groups in total. The van der Waals surface area contributed by atoms with E-state index in [4.69, 9.17) is 4.74 Å². The van der Waals surface area contributed by atoms with Crippen molar-refractivity contribution in [2.45, 2.75) is 18.2 Å². The third-order valence-electron chi connectivity index (χ3n) is 3.00. The second-order valence-corrected chi connectivity index (χ2v) is 6.40. The second kappa shape index (κ2) is 7.03. The molecule has 6 nitrogen and oxygen atoms in total. The first-order valence-corrected chi connectivity index (χ1v) is 8.29. The Morgan fingerprint density at radius 1 is 1.20 bits per heavy atom.